The van der Waals surface area contributed by atoms with Gasteiger partial charge in [0.05, 0.1) is 0 Å². The molecule has 3 nitrogen and oxygen atoms in total. The summed E-state index contributed by atoms with van der Waals surface area (Å²) in [5.74, 6) is 1.38. The third kappa shape index (κ3) is 6.57. The molecule has 0 radical (unpaired) electrons. The molecule has 6 unspecified atom stereocenters. The van der Waals surface area contributed by atoms with Crippen LogP contribution >= 0.6 is 0 Å². The van der Waals surface area contributed by atoms with Crippen LogP contribution in [0, 0.1) is 0 Å². The Morgan fingerprint density at radius 2 is 0.651 bits per heavy atom. The summed E-state index contributed by atoms with van der Waals surface area (Å²) >= 11 is 0. The number of fused-ring (bicyclic) bond motifs is 10. The average molecular weight is 1070 g/mol. The number of benzene rings is 12. The molecule has 83 heavy (non-hydrogen) atoms. The van der Waals surface area contributed by atoms with Gasteiger partial charge in [0.2, 0.25) is 0 Å². The lowest BCUT2D eigenvalue weighted by atomic mass is 9.80. The van der Waals surface area contributed by atoms with Crippen LogP contribution in [0.5, 0.6) is 0 Å². The minimum absolute atomic E-state index is 0.0328. The molecule has 0 bridgehead atoms. The molecule has 3 heterocycles. The molecule has 0 N–H and O–H groups in total. The van der Waals surface area contributed by atoms with Gasteiger partial charge in [-0.1, -0.05) is 159 Å². The normalized spacial score (nSPS) is 23.8. The van der Waals surface area contributed by atoms with Crippen LogP contribution in [0.15, 0.2) is 224 Å². The minimum atomic E-state index is 0.0328. The van der Waals surface area contributed by atoms with Gasteiger partial charge in [0.1, 0.15) is 0 Å². The van der Waals surface area contributed by atoms with Gasteiger partial charge in [-0.2, -0.15) is 0 Å². The van der Waals surface area contributed by atoms with Crippen molar-refractivity contribution >= 4 is 77.2 Å². The van der Waals surface area contributed by atoms with E-state index in [9.17, 15) is 0 Å². The van der Waals surface area contributed by atoms with E-state index >= 15 is 0 Å². The molecule has 3 aliphatic heterocycles. The van der Waals surface area contributed by atoms with Gasteiger partial charge >= 0.3 is 0 Å². The Bertz CT molecular complexity index is 4500. The van der Waals surface area contributed by atoms with Crippen LogP contribution in [0.25, 0.3) is 87.6 Å². The maximum atomic E-state index is 2.70. The SMILES string of the molecule is CC12CCCC1c1cc(-c3cc(-c4ccc5c(c4)C4CCCC4(C)N5c4ccccc4)c4ccc5c(-c6cccc7ccccc67)cc(-c6ccc7c(c6)C6CCCC6(C)N7c6ccccc6)c6ccc3c4c65)ccc1N2c1ccccc1. The lowest BCUT2D eigenvalue weighted by Gasteiger charge is -2.37. The van der Waals surface area contributed by atoms with E-state index in [0.717, 1.165) is 0 Å². The van der Waals surface area contributed by atoms with Gasteiger partial charge in [-0.25, -0.2) is 0 Å². The summed E-state index contributed by atoms with van der Waals surface area (Å²) in [7, 11) is 0. The van der Waals surface area contributed by atoms with Crippen LogP contribution in [0.3, 0.4) is 0 Å². The first-order valence-electron chi connectivity index (χ1n) is 31.0. The third-order valence-corrected chi connectivity index (χ3v) is 22.2. The molecule has 6 atom stereocenters. The Morgan fingerprint density at radius 1 is 0.301 bits per heavy atom. The first kappa shape index (κ1) is 47.9. The second-order valence-corrected chi connectivity index (χ2v) is 26.3. The van der Waals surface area contributed by atoms with Crippen LogP contribution < -0.4 is 14.7 Å². The highest BCUT2D eigenvalue weighted by Crippen LogP contribution is 2.63. The van der Waals surface area contributed by atoms with Crippen LogP contribution in [-0.4, -0.2) is 16.6 Å². The van der Waals surface area contributed by atoms with Gasteiger partial charge in [0, 0.05) is 68.5 Å². The fourth-order valence-electron chi connectivity index (χ4n) is 18.6. The van der Waals surface area contributed by atoms with E-state index in [2.05, 4.69) is 260 Å². The molecule has 0 amide bonds. The Labute approximate surface area is 487 Å². The van der Waals surface area contributed by atoms with Crippen molar-refractivity contribution in [3.8, 4) is 44.5 Å². The van der Waals surface area contributed by atoms with Gasteiger partial charge in [-0.05, 0) is 249 Å². The predicted molar refractivity (Wildman–Crippen MR) is 350 cm³/mol. The van der Waals surface area contributed by atoms with E-state index in [0.29, 0.717) is 17.8 Å². The van der Waals surface area contributed by atoms with Crippen molar-refractivity contribution in [3.63, 3.8) is 0 Å². The van der Waals surface area contributed by atoms with Crippen LogP contribution in [0.4, 0.5) is 34.1 Å². The second-order valence-electron chi connectivity index (χ2n) is 26.3. The van der Waals surface area contributed by atoms with Gasteiger partial charge in [-0.15, -0.1) is 0 Å². The number of nitrogens with zero attached hydrogens (tertiary/aromatic N) is 3. The summed E-state index contributed by atoms with van der Waals surface area (Å²) in [6.45, 7) is 7.59. The number of anilines is 6. The maximum Gasteiger partial charge on any atom is 0.0492 e. The Balaban J connectivity index is 0.915. The number of hydrogen-bond acceptors (Lipinski definition) is 3. The van der Waals surface area contributed by atoms with E-state index in [1.165, 1.54) is 196 Å². The van der Waals surface area contributed by atoms with E-state index in [1.807, 2.05) is 0 Å². The summed E-state index contributed by atoms with van der Waals surface area (Å²) in [4.78, 5) is 8.08. The molecule has 12 aromatic rings. The summed E-state index contributed by atoms with van der Waals surface area (Å²) in [5.41, 5.74) is 23.0. The first-order chi connectivity index (χ1) is 40.8. The molecule has 402 valence electrons. The number of rotatable bonds is 7. The molecule has 0 spiro atoms. The van der Waals surface area contributed by atoms with E-state index in [4.69, 9.17) is 0 Å². The van der Waals surface area contributed by atoms with Crippen molar-refractivity contribution in [2.45, 2.75) is 113 Å². The molecule has 18 rings (SSSR count). The van der Waals surface area contributed by atoms with E-state index in [1.54, 1.807) is 0 Å². The van der Waals surface area contributed by atoms with Crippen molar-refractivity contribution < 1.29 is 0 Å². The highest BCUT2D eigenvalue weighted by Gasteiger charge is 2.54. The molecule has 3 aliphatic carbocycles. The molecule has 6 aliphatic rings. The number of para-hydroxylation sites is 3. The number of hydrogen-bond donors (Lipinski definition) is 0. The van der Waals surface area contributed by atoms with Crippen molar-refractivity contribution in [2.24, 2.45) is 0 Å². The highest BCUT2D eigenvalue weighted by molar-refractivity contribution is 6.32. The fraction of sp³-hybridized carbons (Fsp3) is 0.225. The van der Waals surface area contributed by atoms with Crippen molar-refractivity contribution in [3.05, 3.63) is 241 Å². The summed E-state index contributed by atoms with van der Waals surface area (Å²) < 4.78 is 0. The third-order valence-electron chi connectivity index (χ3n) is 22.2. The predicted octanol–water partition coefficient (Wildman–Crippen LogP) is 21.9. The van der Waals surface area contributed by atoms with Crippen molar-refractivity contribution in [1.29, 1.82) is 0 Å². The molecular formula is C80H67N3. The van der Waals surface area contributed by atoms with Crippen molar-refractivity contribution in [2.75, 3.05) is 14.7 Å². The lowest BCUT2D eigenvalue weighted by Crippen LogP contribution is -2.40. The monoisotopic (exact) mass is 1070 g/mol. The molecular weight excluding hydrogens is 1000 g/mol. The standard InChI is InChI=1S/C80H67N3/c1-78-42-16-29-70(78)67-45-51(32-39-73(67)81(78)54-21-7-4-8-22-54)63-48-64(52-33-40-74-68(46-52)71-30-17-43-79(71,2)82(74)55-23-9-5-10-24-55)60-37-38-62-66(58-28-15-20-50-19-13-14-27-57(50)58)49-65(61-36-35-59(63)76(60)77(61)62)53-34-41-75-69(47-53)72-31-18-44-80(72,3)83(75)56-25-11-6-12-26-56/h4-15,19-28,32-41,45-49,70-72H,16-18,29-31,42-44H2,1-3H3. The second kappa shape index (κ2) is 17.4. The quantitative estimate of drug-likeness (QED) is 0.147. The Morgan fingerprint density at radius 3 is 1.06 bits per heavy atom. The van der Waals surface area contributed by atoms with Gasteiger partial charge in [0.25, 0.3) is 0 Å². The summed E-state index contributed by atoms with van der Waals surface area (Å²) in [6, 6.07) is 87.3. The van der Waals surface area contributed by atoms with Crippen molar-refractivity contribution in [1.82, 2.24) is 0 Å². The smallest absolute Gasteiger partial charge is 0.0492 e. The zero-order valence-electron chi connectivity index (χ0n) is 47.8. The first-order valence-corrected chi connectivity index (χ1v) is 31.0. The maximum absolute atomic E-state index is 2.70. The lowest BCUT2D eigenvalue weighted by molar-refractivity contribution is 0.451. The molecule has 3 heteroatoms. The van der Waals surface area contributed by atoms with Gasteiger partial charge in [-0.3, -0.25) is 0 Å². The van der Waals surface area contributed by atoms with Crippen LogP contribution in [0.1, 0.15) is 113 Å². The zero-order chi connectivity index (χ0) is 54.9. The largest absolute Gasteiger partial charge is 0.335 e. The average Bonchev–Trinajstić information content (AvgIpc) is 3.39. The van der Waals surface area contributed by atoms with E-state index in [-0.39, 0.29) is 16.6 Å². The van der Waals surface area contributed by atoms with Gasteiger partial charge < -0.3 is 14.7 Å². The topological polar surface area (TPSA) is 9.72 Å². The van der Waals surface area contributed by atoms with E-state index < -0.39 is 0 Å². The highest BCUT2D eigenvalue weighted by atomic mass is 15.3. The zero-order valence-corrected chi connectivity index (χ0v) is 47.8. The summed E-state index contributed by atoms with van der Waals surface area (Å²) in [5, 5.41) is 10.6. The molecule has 0 saturated heterocycles. The summed E-state index contributed by atoms with van der Waals surface area (Å²) in [6.07, 6.45) is 10.9. The molecule has 12 aromatic carbocycles. The Kier molecular flexibility index (Phi) is 10.1. The van der Waals surface area contributed by atoms with Crippen LogP contribution in [0.2, 0.25) is 0 Å². The molecule has 0 aromatic heterocycles. The Hall–Kier alpha value is -8.66. The molecule has 3 fully saturated rings. The fourth-order valence-corrected chi connectivity index (χ4v) is 18.6. The molecule has 3 saturated carbocycles. The minimum Gasteiger partial charge on any atom is -0.335 e. The van der Waals surface area contributed by atoms with Gasteiger partial charge in [0.15, 0.2) is 0 Å². The van der Waals surface area contributed by atoms with Crippen LogP contribution in [-0.2, 0) is 0 Å².